The molecule has 0 saturated carbocycles. The van der Waals surface area contributed by atoms with Crippen molar-refractivity contribution in [1.29, 1.82) is 0 Å². The van der Waals surface area contributed by atoms with Gasteiger partial charge in [0.1, 0.15) is 5.75 Å². The third-order valence-electron chi connectivity index (χ3n) is 3.44. The zero-order valence-corrected chi connectivity index (χ0v) is 14.7. The molecule has 0 fully saturated rings. The van der Waals surface area contributed by atoms with Crippen molar-refractivity contribution in [3.8, 4) is 5.75 Å². The second-order valence-corrected chi connectivity index (χ2v) is 5.78. The van der Waals surface area contributed by atoms with E-state index in [4.69, 9.17) is 21.1 Å². The fourth-order valence-electron chi connectivity index (χ4n) is 2.11. The quantitative estimate of drug-likeness (QED) is 0.550. The molecule has 0 atom stereocenters. The third-order valence-corrected chi connectivity index (χ3v) is 3.69. The lowest BCUT2D eigenvalue weighted by atomic mass is 10.0. The van der Waals surface area contributed by atoms with E-state index in [9.17, 15) is 9.59 Å². The van der Waals surface area contributed by atoms with Crippen molar-refractivity contribution in [1.82, 2.24) is 5.32 Å². The minimum absolute atomic E-state index is 0.0720. The van der Waals surface area contributed by atoms with Crippen molar-refractivity contribution in [3.05, 3.63) is 64.7 Å². The Morgan fingerprint density at radius 3 is 2.20 bits per heavy atom. The number of methoxy groups -OCH3 is 1. The highest BCUT2D eigenvalue weighted by Crippen LogP contribution is 2.17. The summed E-state index contributed by atoms with van der Waals surface area (Å²) in [6.07, 6.45) is 0.754. The Balaban J connectivity index is 1.84. The minimum Gasteiger partial charge on any atom is -0.484 e. The summed E-state index contributed by atoms with van der Waals surface area (Å²) in [6.45, 7) is 1.08. The van der Waals surface area contributed by atoms with Crippen LogP contribution < -0.4 is 10.1 Å². The second-order valence-electron chi connectivity index (χ2n) is 5.35. The van der Waals surface area contributed by atoms with Crippen molar-refractivity contribution in [3.63, 3.8) is 0 Å². The van der Waals surface area contributed by atoms with E-state index in [0.29, 0.717) is 35.1 Å². The van der Waals surface area contributed by atoms with Gasteiger partial charge in [0, 0.05) is 36.4 Å². The molecule has 1 amide bonds. The Hall–Kier alpha value is -2.37. The van der Waals surface area contributed by atoms with E-state index in [1.165, 1.54) is 0 Å². The fourth-order valence-corrected chi connectivity index (χ4v) is 2.24. The molecule has 0 aliphatic carbocycles. The number of carbonyl (C=O) groups excluding carboxylic acids is 2. The minimum atomic E-state index is -0.197. The number of ether oxygens (including phenoxy) is 2. The first kappa shape index (κ1) is 19.0. The normalized spacial score (nSPS) is 10.3. The van der Waals surface area contributed by atoms with Gasteiger partial charge in [0.05, 0.1) is 0 Å². The molecule has 0 heterocycles. The van der Waals surface area contributed by atoms with Crippen LogP contribution >= 0.6 is 11.6 Å². The van der Waals surface area contributed by atoms with Crippen LogP contribution in [0.5, 0.6) is 5.75 Å². The lowest BCUT2D eigenvalue weighted by Crippen LogP contribution is -2.30. The van der Waals surface area contributed by atoms with Gasteiger partial charge in [-0.2, -0.15) is 0 Å². The van der Waals surface area contributed by atoms with Gasteiger partial charge >= 0.3 is 0 Å². The first-order valence-electron chi connectivity index (χ1n) is 7.89. The van der Waals surface area contributed by atoms with E-state index < -0.39 is 0 Å². The van der Waals surface area contributed by atoms with Crippen molar-refractivity contribution in [2.75, 3.05) is 26.9 Å². The van der Waals surface area contributed by atoms with E-state index in [1.54, 1.807) is 55.6 Å². The molecule has 25 heavy (non-hydrogen) atoms. The van der Waals surface area contributed by atoms with Crippen molar-refractivity contribution < 1.29 is 19.1 Å². The van der Waals surface area contributed by atoms with Gasteiger partial charge in [0.25, 0.3) is 5.91 Å². The molecule has 0 aliphatic heterocycles. The zero-order chi connectivity index (χ0) is 18.1. The van der Waals surface area contributed by atoms with Crippen LogP contribution in [-0.4, -0.2) is 38.6 Å². The second kappa shape index (κ2) is 9.81. The summed E-state index contributed by atoms with van der Waals surface area (Å²) in [5, 5.41) is 3.32. The summed E-state index contributed by atoms with van der Waals surface area (Å²) in [6, 6.07) is 13.4. The van der Waals surface area contributed by atoms with E-state index in [-0.39, 0.29) is 18.3 Å². The number of nitrogens with one attached hydrogen (secondary N) is 1. The van der Waals surface area contributed by atoms with Gasteiger partial charge in [-0.15, -0.1) is 0 Å². The Kier molecular flexibility index (Phi) is 7.44. The first-order chi connectivity index (χ1) is 12.1. The van der Waals surface area contributed by atoms with Gasteiger partial charge in [-0.25, -0.2) is 0 Å². The van der Waals surface area contributed by atoms with Crippen molar-refractivity contribution in [2.45, 2.75) is 6.42 Å². The number of carbonyl (C=O) groups is 2. The molecule has 0 aromatic heterocycles. The Bertz CT molecular complexity index is 698. The molecule has 0 saturated heterocycles. The highest BCUT2D eigenvalue weighted by Gasteiger charge is 2.09. The molecule has 0 bridgehead atoms. The molecule has 0 radical (unpaired) electrons. The smallest absolute Gasteiger partial charge is 0.257 e. The van der Waals surface area contributed by atoms with Gasteiger partial charge in [0.2, 0.25) is 0 Å². The summed E-state index contributed by atoms with van der Waals surface area (Å²) < 4.78 is 10.3. The SMILES string of the molecule is COCCCNC(=O)COc1ccc(C(=O)c2ccc(Cl)cc2)cc1. The number of rotatable bonds is 9. The molecule has 132 valence electrons. The molecular formula is C19H20ClNO4. The predicted octanol–water partition coefficient (Wildman–Crippen LogP) is 3.10. The van der Waals surface area contributed by atoms with Gasteiger partial charge in [-0.05, 0) is 55.0 Å². The number of hydrogen-bond acceptors (Lipinski definition) is 4. The standard InChI is InChI=1S/C19H20ClNO4/c1-24-12-2-11-21-18(22)13-25-17-9-5-15(6-10-17)19(23)14-3-7-16(20)8-4-14/h3-10H,2,11-13H2,1H3,(H,21,22). The number of ketones is 1. The summed E-state index contributed by atoms with van der Waals surface area (Å²) >= 11 is 5.82. The number of benzene rings is 2. The lowest BCUT2D eigenvalue weighted by molar-refractivity contribution is -0.123. The Morgan fingerprint density at radius 2 is 1.60 bits per heavy atom. The van der Waals surface area contributed by atoms with Crippen LogP contribution in [0.4, 0.5) is 0 Å². The van der Waals surface area contributed by atoms with E-state index in [2.05, 4.69) is 5.32 Å². The Labute approximate surface area is 151 Å². The van der Waals surface area contributed by atoms with Crippen LogP contribution in [0, 0.1) is 0 Å². The fraction of sp³-hybridized carbons (Fsp3) is 0.263. The molecule has 2 rings (SSSR count). The van der Waals surface area contributed by atoms with Crippen LogP contribution in [0.25, 0.3) is 0 Å². The van der Waals surface area contributed by atoms with Crippen LogP contribution in [0.1, 0.15) is 22.3 Å². The highest BCUT2D eigenvalue weighted by molar-refractivity contribution is 6.30. The maximum absolute atomic E-state index is 12.3. The molecule has 5 nitrogen and oxygen atoms in total. The number of halogens is 1. The topological polar surface area (TPSA) is 64.6 Å². The third kappa shape index (κ3) is 6.21. The molecule has 2 aromatic carbocycles. The van der Waals surface area contributed by atoms with E-state index in [1.807, 2.05) is 0 Å². The maximum Gasteiger partial charge on any atom is 0.257 e. The summed E-state index contributed by atoms with van der Waals surface area (Å²) in [5.41, 5.74) is 1.10. The largest absolute Gasteiger partial charge is 0.484 e. The average Bonchev–Trinajstić information content (AvgIpc) is 2.64. The van der Waals surface area contributed by atoms with Crippen LogP contribution in [0.3, 0.4) is 0 Å². The summed E-state index contributed by atoms with van der Waals surface area (Å²) in [7, 11) is 1.62. The number of amides is 1. The molecule has 0 aliphatic rings. The predicted molar refractivity (Wildman–Crippen MR) is 96.3 cm³/mol. The van der Waals surface area contributed by atoms with E-state index >= 15 is 0 Å². The van der Waals surface area contributed by atoms with Crippen LogP contribution in [-0.2, 0) is 9.53 Å². The van der Waals surface area contributed by atoms with Gasteiger partial charge in [-0.3, -0.25) is 9.59 Å². The summed E-state index contributed by atoms with van der Waals surface area (Å²) in [4.78, 5) is 24.0. The van der Waals surface area contributed by atoms with Crippen LogP contribution in [0.15, 0.2) is 48.5 Å². The van der Waals surface area contributed by atoms with E-state index in [0.717, 1.165) is 6.42 Å². The van der Waals surface area contributed by atoms with Gasteiger partial charge in [-0.1, -0.05) is 11.6 Å². The molecule has 0 spiro atoms. The first-order valence-corrected chi connectivity index (χ1v) is 8.26. The lowest BCUT2D eigenvalue weighted by Gasteiger charge is -2.08. The molecule has 2 aromatic rings. The van der Waals surface area contributed by atoms with Crippen molar-refractivity contribution in [2.24, 2.45) is 0 Å². The Morgan fingerprint density at radius 1 is 1.00 bits per heavy atom. The molecular weight excluding hydrogens is 342 g/mol. The monoisotopic (exact) mass is 361 g/mol. The zero-order valence-electron chi connectivity index (χ0n) is 14.0. The maximum atomic E-state index is 12.3. The average molecular weight is 362 g/mol. The summed E-state index contributed by atoms with van der Waals surface area (Å²) in [5.74, 6) is 0.233. The number of hydrogen-bond donors (Lipinski definition) is 1. The van der Waals surface area contributed by atoms with Crippen molar-refractivity contribution >= 4 is 23.3 Å². The van der Waals surface area contributed by atoms with Gasteiger partial charge < -0.3 is 14.8 Å². The van der Waals surface area contributed by atoms with Crippen LogP contribution in [0.2, 0.25) is 5.02 Å². The molecule has 1 N–H and O–H groups in total. The highest BCUT2D eigenvalue weighted by atomic mass is 35.5. The van der Waals surface area contributed by atoms with Gasteiger partial charge in [0.15, 0.2) is 12.4 Å². The molecule has 0 unspecified atom stereocenters. The molecule has 6 heteroatoms.